The molecule has 198 valence electrons. The highest BCUT2D eigenvalue weighted by Gasteiger charge is 2.20. The highest BCUT2D eigenvalue weighted by Crippen LogP contribution is 2.31. The standard InChI is InChI=1S/C27H27F2N5O4/c1-17-24(20-12-22(37-3)15-30-13-20)33-34(21-7-5-4-6-8-21)25(17)32-27(35)31-14-19-11-18(16-36-2)9-10-23(19)38-26(28)29/h4-13,15,26H,14,16H2,1-3H3,(H2,31,32,35). The molecule has 0 aliphatic carbocycles. The molecular formula is C27H27F2N5O4. The number of carbonyl (C=O) groups excluding carboxylic acids is 1. The molecule has 2 heterocycles. The molecule has 9 nitrogen and oxygen atoms in total. The number of nitrogens with one attached hydrogen (secondary N) is 2. The quantitative estimate of drug-likeness (QED) is 0.292. The topological polar surface area (TPSA) is 99.5 Å². The van der Waals surface area contributed by atoms with E-state index in [2.05, 4.69) is 20.4 Å². The van der Waals surface area contributed by atoms with E-state index in [1.807, 2.05) is 37.3 Å². The van der Waals surface area contributed by atoms with Crippen LogP contribution in [-0.4, -0.2) is 41.6 Å². The number of amides is 2. The second-order valence-electron chi connectivity index (χ2n) is 8.24. The minimum Gasteiger partial charge on any atom is -0.495 e. The molecule has 0 radical (unpaired) electrons. The SMILES string of the molecule is COCc1ccc(OC(F)F)c(CNC(=O)Nc2c(C)c(-c3cncc(OC)c3)nn2-c2ccccc2)c1. The molecule has 0 fully saturated rings. The van der Waals surface area contributed by atoms with Gasteiger partial charge in [-0.3, -0.25) is 10.3 Å². The third-order valence-corrected chi connectivity index (χ3v) is 5.67. The zero-order chi connectivity index (χ0) is 27.1. The summed E-state index contributed by atoms with van der Waals surface area (Å²) >= 11 is 0. The maximum absolute atomic E-state index is 13.0. The zero-order valence-electron chi connectivity index (χ0n) is 21.1. The number of alkyl halides is 2. The molecule has 0 bridgehead atoms. The molecule has 0 spiro atoms. The van der Waals surface area contributed by atoms with Gasteiger partial charge in [0.15, 0.2) is 0 Å². The molecule has 11 heteroatoms. The summed E-state index contributed by atoms with van der Waals surface area (Å²) in [6.07, 6.45) is 3.25. The van der Waals surface area contributed by atoms with Gasteiger partial charge in [0.05, 0.1) is 31.3 Å². The van der Waals surface area contributed by atoms with Crippen molar-refractivity contribution in [2.45, 2.75) is 26.7 Å². The van der Waals surface area contributed by atoms with Crippen LogP contribution in [0.5, 0.6) is 11.5 Å². The van der Waals surface area contributed by atoms with E-state index in [9.17, 15) is 13.6 Å². The number of hydrogen-bond donors (Lipinski definition) is 2. The first-order valence-electron chi connectivity index (χ1n) is 11.6. The second-order valence-corrected chi connectivity index (χ2v) is 8.24. The number of benzene rings is 2. The van der Waals surface area contributed by atoms with Crippen molar-refractivity contribution in [1.29, 1.82) is 0 Å². The Morgan fingerprint density at radius 3 is 2.58 bits per heavy atom. The summed E-state index contributed by atoms with van der Waals surface area (Å²) in [4.78, 5) is 17.2. The molecule has 4 rings (SSSR count). The largest absolute Gasteiger partial charge is 0.495 e. The van der Waals surface area contributed by atoms with Crippen molar-refractivity contribution in [3.8, 4) is 28.4 Å². The van der Waals surface area contributed by atoms with Crippen LogP contribution in [0.2, 0.25) is 0 Å². The number of pyridine rings is 1. The Bertz CT molecular complexity index is 1400. The van der Waals surface area contributed by atoms with Crippen molar-refractivity contribution >= 4 is 11.8 Å². The molecule has 4 aromatic rings. The molecular weight excluding hydrogens is 496 g/mol. The van der Waals surface area contributed by atoms with Gasteiger partial charge in [0.1, 0.15) is 17.3 Å². The summed E-state index contributed by atoms with van der Waals surface area (Å²) in [7, 11) is 3.08. The van der Waals surface area contributed by atoms with Gasteiger partial charge in [-0.2, -0.15) is 13.9 Å². The Hall–Kier alpha value is -4.51. The number of aromatic nitrogens is 3. The number of anilines is 1. The van der Waals surface area contributed by atoms with E-state index in [1.54, 1.807) is 42.4 Å². The van der Waals surface area contributed by atoms with Crippen LogP contribution in [0, 0.1) is 6.92 Å². The summed E-state index contributed by atoms with van der Waals surface area (Å²) < 4.78 is 42.5. The van der Waals surface area contributed by atoms with E-state index in [0.29, 0.717) is 34.0 Å². The molecule has 0 saturated carbocycles. The van der Waals surface area contributed by atoms with Crippen molar-refractivity contribution in [1.82, 2.24) is 20.1 Å². The van der Waals surface area contributed by atoms with Crippen molar-refractivity contribution in [2.24, 2.45) is 0 Å². The molecule has 2 aromatic carbocycles. The fourth-order valence-corrected chi connectivity index (χ4v) is 3.90. The first-order valence-corrected chi connectivity index (χ1v) is 11.6. The minimum absolute atomic E-state index is 0.0292. The predicted octanol–water partition coefficient (Wildman–Crippen LogP) is 5.32. The van der Waals surface area contributed by atoms with E-state index in [4.69, 9.17) is 14.6 Å². The number of urea groups is 1. The van der Waals surface area contributed by atoms with Crippen molar-refractivity contribution < 1.29 is 27.8 Å². The number of carbonyl (C=O) groups is 1. The van der Waals surface area contributed by atoms with Crippen LogP contribution < -0.4 is 20.1 Å². The van der Waals surface area contributed by atoms with Gasteiger partial charge in [0.25, 0.3) is 0 Å². The van der Waals surface area contributed by atoms with Crippen LogP contribution in [0.15, 0.2) is 67.0 Å². The van der Waals surface area contributed by atoms with Gasteiger partial charge in [0.2, 0.25) is 0 Å². The normalized spacial score (nSPS) is 10.9. The van der Waals surface area contributed by atoms with Gasteiger partial charge >= 0.3 is 12.6 Å². The monoisotopic (exact) mass is 523 g/mol. The van der Waals surface area contributed by atoms with E-state index < -0.39 is 12.6 Å². The average molecular weight is 524 g/mol. The summed E-state index contributed by atoms with van der Waals surface area (Å²) in [6, 6.07) is 15.3. The lowest BCUT2D eigenvalue weighted by Gasteiger charge is -2.14. The Morgan fingerprint density at radius 1 is 1.08 bits per heavy atom. The minimum atomic E-state index is -3.00. The number of methoxy groups -OCH3 is 2. The third-order valence-electron chi connectivity index (χ3n) is 5.67. The highest BCUT2D eigenvalue weighted by atomic mass is 19.3. The van der Waals surface area contributed by atoms with E-state index in [1.165, 1.54) is 13.2 Å². The van der Waals surface area contributed by atoms with Gasteiger partial charge in [-0.15, -0.1) is 0 Å². The number of hydrogen-bond acceptors (Lipinski definition) is 6. The number of ether oxygens (including phenoxy) is 3. The number of para-hydroxylation sites is 1. The van der Waals surface area contributed by atoms with Gasteiger partial charge in [-0.05, 0) is 42.8 Å². The van der Waals surface area contributed by atoms with Crippen LogP contribution >= 0.6 is 0 Å². The maximum atomic E-state index is 13.0. The van der Waals surface area contributed by atoms with Gasteiger partial charge < -0.3 is 19.5 Å². The van der Waals surface area contributed by atoms with Crippen LogP contribution in [0.4, 0.5) is 19.4 Å². The first kappa shape index (κ1) is 26.6. The molecule has 38 heavy (non-hydrogen) atoms. The Balaban J connectivity index is 1.61. The van der Waals surface area contributed by atoms with Crippen molar-refractivity contribution in [3.63, 3.8) is 0 Å². The molecule has 0 saturated heterocycles. The van der Waals surface area contributed by atoms with E-state index in [-0.39, 0.29) is 18.9 Å². The van der Waals surface area contributed by atoms with E-state index >= 15 is 0 Å². The Labute approximate surface area is 218 Å². The lowest BCUT2D eigenvalue weighted by Crippen LogP contribution is -2.29. The van der Waals surface area contributed by atoms with Crippen LogP contribution in [0.3, 0.4) is 0 Å². The Kier molecular flexibility index (Phi) is 8.49. The van der Waals surface area contributed by atoms with Crippen LogP contribution in [0.1, 0.15) is 16.7 Å². The summed E-state index contributed by atoms with van der Waals surface area (Å²) in [5, 5.41) is 10.3. The summed E-state index contributed by atoms with van der Waals surface area (Å²) in [5.74, 6) is 0.975. The second kappa shape index (κ2) is 12.2. The molecule has 0 aliphatic rings. The van der Waals surface area contributed by atoms with Crippen molar-refractivity contribution in [2.75, 3.05) is 19.5 Å². The molecule has 0 aliphatic heterocycles. The smallest absolute Gasteiger partial charge is 0.387 e. The molecule has 0 atom stereocenters. The molecule has 2 N–H and O–H groups in total. The molecule has 2 amide bonds. The predicted molar refractivity (Wildman–Crippen MR) is 138 cm³/mol. The maximum Gasteiger partial charge on any atom is 0.387 e. The lowest BCUT2D eigenvalue weighted by atomic mass is 10.1. The van der Waals surface area contributed by atoms with Gasteiger partial charge in [0, 0.05) is 36.5 Å². The zero-order valence-corrected chi connectivity index (χ0v) is 21.1. The Morgan fingerprint density at radius 2 is 1.87 bits per heavy atom. The van der Waals surface area contributed by atoms with E-state index in [0.717, 1.165) is 11.3 Å². The third kappa shape index (κ3) is 6.24. The first-order chi connectivity index (χ1) is 18.4. The number of rotatable bonds is 10. The molecule has 0 unspecified atom stereocenters. The number of nitrogens with zero attached hydrogens (tertiary/aromatic N) is 3. The van der Waals surface area contributed by atoms with Crippen LogP contribution in [-0.2, 0) is 17.9 Å². The van der Waals surface area contributed by atoms with Crippen molar-refractivity contribution in [3.05, 3.63) is 83.7 Å². The summed E-state index contributed by atoms with van der Waals surface area (Å²) in [6.45, 7) is -0.940. The fourth-order valence-electron chi connectivity index (χ4n) is 3.90. The van der Waals surface area contributed by atoms with Gasteiger partial charge in [-0.25, -0.2) is 9.48 Å². The average Bonchev–Trinajstić information content (AvgIpc) is 3.24. The van der Waals surface area contributed by atoms with Gasteiger partial charge in [-0.1, -0.05) is 24.3 Å². The van der Waals surface area contributed by atoms with Crippen LogP contribution in [0.25, 0.3) is 16.9 Å². The number of halogens is 2. The lowest BCUT2D eigenvalue weighted by molar-refractivity contribution is -0.0504. The highest BCUT2D eigenvalue weighted by molar-refractivity contribution is 5.91. The fraction of sp³-hybridized carbons (Fsp3) is 0.222. The summed E-state index contributed by atoms with van der Waals surface area (Å²) in [5.41, 5.74) is 3.88. The molecule has 2 aromatic heterocycles.